The van der Waals surface area contributed by atoms with Gasteiger partial charge in [-0.3, -0.25) is 0 Å². The molecule has 1 aliphatic heterocycles. The van der Waals surface area contributed by atoms with Crippen LogP contribution in [0, 0.1) is 5.82 Å². The Morgan fingerprint density at radius 1 is 1.38 bits per heavy atom. The van der Waals surface area contributed by atoms with Crippen LogP contribution in [0.5, 0.6) is 0 Å². The lowest BCUT2D eigenvalue weighted by atomic mass is 10.00. The second-order valence-electron chi connectivity index (χ2n) is 4.02. The van der Waals surface area contributed by atoms with Gasteiger partial charge in [-0.05, 0) is 17.7 Å². The number of epoxide rings is 1. The molecule has 0 saturated carbocycles. The number of ether oxygens (including phenoxy) is 1. The molecule has 0 bridgehead atoms. The van der Waals surface area contributed by atoms with Crippen LogP contribution in [0.1, 0.15) is 5.56 Å². The van der Waals surface area contributed by atoms with Crippen molar-refractivity contribution in [2.75, 3.05) is 6.61 Å². The summed E-state index contributed by atoms with van der Waals surface area (Å²) in [5.74, 6) is -0.220. The lowest BCUT2D eigenvalue weighted by Gasteiger charge is -2.12. The van der Waals surface area contributed by atoms with Crippen molar-refractivity contribution in [1.29, 1.82) is 0 Å². The van der Waals surface area contributed by atoms with Gasteiger partial charge in [-0.1, -0.05) is 12.1 Å². The fourth-order valence-corrected chi connectivity index (χ4v) is 1.87. The molecule has 1 aromatic heterocycles. The van der Waals surface area contributed by atoms with Gasteiger partial charge in [0.25, 0.3) is 0 Å². The van der Waals surface area contributed by atoms with Gasteiger partial charge < -0.3 is 9.30 Å². The molecule has 0 radical (unpaired) electrons. The number of hydrogen-bond acceptors (Lipinski definition) is 2. The summed E-state index contributed by atoms with van der Waals surface area (Å²) in [7, 11) is 0. The quantitative estimate of drug-likeness (QED) is 0.737. The fourth-order valence-electron chi connectivity index (χ4n) is 1.87. The zero-order valence-electron chi connectivity index (χ0n) is 8.64. The summed E-state index contributed by atoms with van der Waals surface area (Å²) in [6, 6.07) is 6.48. The number of halogens is 1. The van der Waals surface area contributed by atoms with Gasteiger partial charge in [-0.2, -0.15) is 0 Å². The number of benzene rings is 1. The molecule has 3 nitrogen and oxygen atoms in total. The molecule has 1 atom stereocenters. The average molecular weight is 218 g/mol. The highest BCUT2D eigenvalue weighted by Gasteiger charge is 2.46. The Bertz CT molecular complexity index is 474. The molecule has 0 spiro atoms. The molecule has 16 heavy (non-hydrogen) atoms. The second kappa shape index (κ2) is 3.42. The van der Waals surface area contributed by atoms with Crippen molar-refractivity contribution in [2.45, 2.75) is 12.1 Å². The lowest BCUT2D eigenvalue weighted by molar-refractivity contribution is 0.277. The molecule has 82 valence electrons. The largest absolute Gasteiger partial charge is 0.363 e. The number of nitrogens with zero attached hydrogens (tertiary/aromatic N) is 2. The van der Waals surface area contributed by atoms with Gasteiger partial charge in [0.05, 0.1) is 19.5 Å². The third kappa shape index (κ3) is 1.61. The minimum atomic E-state index is -0.283. The smallest absolute Gasteiger partial charge is 0.134 e. The van der Waals surface area contributed by atoms with E-state index in [2.05, 4.69) is 4.98 Å². The van der Waals surface area contributed by atoms with Crippen molar-refractivity contribution < 1.29 is 9.13 Å². The van der Waals surface area contributed by atoms with E-state index in [-0.39, 0.29) is 11.4 Å². The van der Waals surface area contributed by atoms with E-state index < -0.39 is 0 Å². The Morgan fingerprint density at radius 2 is 2.12 bits per heavy atom. The maximum absolute atomic E-state index is 12.8. The number of aromatic nitrogens is 2. The predicted octanol–water partition coefficient (Wildman–Crippen LogP) is 1.95. The lowest BCUT2D eigenvalue weighted by Crippen LogP contribution is -2.16. The third-order valence-corrected chi connectivity index (χ3v) is 2.86. The summed E-state index contributed by atoms with van der Waals surface area (Å²) in [5.41, 5.74) is 0.733. The van der Waals surface area contributed by atoms with Crippen molar-refractivity contribution in [3.05, 3.63) is 54.4 Å². The molecule has 2 aromatic rings. The molecule has 4 heteroatoms. The molecule has 1 aromatic carbocycles. The first-order valence-electron chi connectivity index (χ1n) is 5.14. The zero-order valence-corrected chi connectivity index (χ0v) is 8.64. The first-order chi connectivity index (χ1) is 7.78. The van der Waals surface area contributed by atoms with Crippen LogP contribution in [0.15, 0.2) is 43.0 Å². The summed E-state index contributed by atoms with van der Waals surface area (Å²) >= 11 is 0. The first kappa shape index (κ1) is 9.54. The van der Waals surface area contributed by atoms with Gasteiger partial charge >= 0.3 is 0 Å². The van der Waals surface area contributed by atoms with Crippen LogP contribution in [-0.4, -0.2) is 16.2 Å². The molecule has 0 amide bonds. The summed E-state index contributed by atoms with van der Waals surface area (Å²) in [5, 5.41) is 0. The van der Waals surface area contributed by atoms with E-state index in [0.29, 0.717) is 6.61 Å². The summed E-state index contributed by atoms with van der Waals surface area (Å²) in [6.07, 6.45) is 5.39. The molecule has 1 saturated heterocycles. The molecule has 2 heterocycles. The predicted molar refractivity (Wildman–Crippen MR) is 56.3 cm³/mol. The van der Waals surface area contributed by atoms with Crippen molar-refractivity contribution in [3.8, 4) is 0 Å². The molecule has 0 aliphatic carbocycles. The van der Waals surface area contributed by atoms with Crippen molar-refractivity contribution in [2.24, 2.45) is 0 Å². The minimum absolute atomic E-state index is 0.220. The zero-order chi connectivity index (χ0) is 11.0. The first-order valence-corrected chi connectivity index (χ1v) is 5.14. The van der Waals surface area contributed by atoms with Crippen LogP contribution < -0.4 is 0 Å². The van der Waals surface area contributed by atoms with E-state index in [0.717, 1.165) is 12.1 Å². The fraction of sp³-hybridized carbons (Fsp3) is 0.250. The standard InChI is InChI=1S/C12H11FN2O/c13-11-3-1-10(2-4-11)12(8-16-12)7-15-6-5-14-9-15/h1-6,9H,7-8H2. The normalized spacial score (nSPS) is 23.3. The Kier molecular flexibility index (Phi) is 2.04. The highest BCUT2D eigenvalue weighted by molar-refractivity contribution is 5.27. The Hall–Kier alpha value is -1.68. The SMILES string of the molecule is Fc1ccc(C2(Cn3ccnc3)CO2)cc1. The van der Waals surface area contributed by atoms with Crippen LogP contribution in [-0.2, 0) is 16.9 Å². The molecular weight excluding hydrogens is 207 g/mol. The van der Waals surface area contributed by atoms with Crippen molar-refractivity contribution in [3.63, 3.8) is 0 Å². The summed E-state index contributed by atoms with van der Waals surface area (Å²) in [6.45, 7) is 1.40. The molecule has 1 unspecified atom stereocenters. The van der Waals surface area contributed by atoms with Crippen LogP contribution >= 0.6 is 0 Å². The van der Waals surface area contributed by atoms with Gasteiger partial charge in [0.1, 0.15) is 11.4 Å². The maximum Gasteiger partial charge on any atom is 0.134 e. The van der Waals surface area contributed by atoms with E-state index in [1.807, 2.05) is 10.8 Å². The van der Waals surface area contributed by atoms with Gasteiger partial charge in [0.15, 0.2) is 0 Å². The van der Waals surface area contributed by atoms with Crippen molar-refractivity contribution >= 4 is 0 Å². The van der Waals surface area contributed by atoms with Crippen LogP contribution in [0.2, 0.25) is 0 Å². The van der Waals surface area contributed by atoms with Crippen LogP contribution in [0.25, 0.3) is 0 Å². The third-order valence-electron chi connectivity index (χ3n) is 2.86. The number of hydrogen-bond donors (Lipinski definition) is 0. The second-order valence-corrected chi connectivity index (χ2v) is 4.02. The molecule has 1 aliphatic rings. The maximum atomic E-state index is 12.8. The average Bonchev–Trinajstić information content (AvgIpc) is 2.88. The monoisotopic (exact) mass is 218 g/mol. The molecule has 1 fully saturated rings. The van der Waals surface area contributed by atoms with E-state index in [1.54, 1.807) is 24.7 Å². The highest BCUT2D eigenvalue weighted by atomic mass is 19.1. The molecule has 0 N–H and O–H groups in total. The van der Waals surface area contributed by atoms with Gasteiger partial charge in [-0.15, -0.1) is 0 Å². The van der Waals surface area contributed by atoms with Gasteiger partial charge in [-0.25, -0.2) is 9.37 Å². The Balaban J connectivity index is 1.86. The Labute approximate surface area is 92.5 Å². The summed E-state index contributed by atoms with van der Waals surface area (Å²) < 4.78 is 20.3. The van der Waals surface area contributed by atoms with E-state index in [9.17, 15) is 4.39 Å². The molecular formula is C12H11FN2O. The van der Waals surface area contributed by atoms with E-state index in [4.69, 9.17) is 4.74 Å². The highest BCUT2D eigenvalue weighted by Crippen LogP contribution is 2.40. The van der Waals surface area contributed by atoms with Crippen molar-refractivity contribution in [1.82, 2.24) is 9.55 Å². The van der Waals surface area contributed by atoms with E-state index in [1.165, 1.54) is 12.1 Å². The number of rotatable bonds is 3. The minimum Gasteiger partial charge on any atom is -0.363 e. The summed E-state index contributed by atoms with van der Waals surface area (Å²) in [4.78, 5) is 3.99. The van der Waals surface area contributed by atoms with Gasteiger partial charge in [0, 0.05) is 12.4 Å². The Morgan fingerprint density at radius 3 is 2.69 bits per heavy atom. The topological polar surface area (TPSA) is 30.4 Å². The van der Waals surface area contributed by atoms with Crippen LogP contribution in [0.3, 0.4) is 0 Å². The number of imidazole rings is 1. The van der Waals surface area contributed by atoms with Crippen LogP contribution in [0.4, 0.5) is 4.39 Å². The molecule has 3 rings (SSSR count). The van der Waals surface area contributed by atoms with E-state index >= 15 is 0 Å². The van der Waals surface area contributed by atoms with Gasteiger partial charge in [0.2, 0.25) is 0 Å².